The molecule has 0 spiro atoms. The Labute approximate surface area is 66.0 Å². The minimum absolute atomic E-state index is 0.604. The van der Waals surface area contributed by atoms with Crippen LogP contribution in [-0.2, 0) is 0 Å². The number of nitrogen functional groups attached to an aromatic ring is 1. The van der Waals surface area contributed by atoms with Crippen molar-refractivity contribution in [1.29, 1.82) is 0 Å². The summed E-state index contributed by atoms with van der Waals surface area (Å²) < 4.78 is 0. The van der Waals surface area contributed by atoms with Crippen LogP contribution >= 0.6 is 0 Å². The van der Waals surface area contributed by atoms with Gasteiger partial charge in [-0.2, -0.15) is 0 Å². The summed E-state index contributed by atoms with van der Waals surface area (Å²) in [5, 5.41) is 0. The standard InChI is InChI=1S/C8H11N3/c1-3-10-8-7(9)5-4-6(2)11-8/h3-5H,9H2,1-2H3/b10-3-. The van der Waals surface area contributed by atoms with Gasteiger partial charge in [-0.1, -0.05) is 0 Å². The third-order valence-corrected chi connectivity index (χ3v) is 1.30. The van der Waals surface area contributed by atoms with Crippen molar-refractivity contribution in [2.45, 2.75) is 13.8 Å². The lowest BCUT2D eigenvalue weighted by atomic mass is 10.3. The van der Waals surface area contributed by atoms with Gasteiger partial charge in [-0.3, -0.25) is 0 Å². The fourth-order valence-corrected chi connectivity index (χ4v) is 0.779. The van der Waals surface area contributed by atoms with Gasteiger partial charge in [0.2, 0.25) is 0 Å². The Hall–Kier alpha value is -1.38. The molecule has 0 aliphatic carbocycles. The van der Waals surface area contributed by atoms with Crippen LogP contribution in [0.2, 0.25) is 0 Å². The van der Waals surface area contributed by atoms with Crippen molar-refractivity contribution in [2.75, 3.05) is 5.73 Å². The molecule has 1 heterocycles. The average molecular weight is 149 g/mol. The van der Waals surface area contributed by atoms with Crippen molar-refractivity contribution in [3.8, 4) is 0 Å². The summed E-state index contributed by atoms with van der Waals surface area (Å²) in [4.78, 5) is 8.15. The highest BCUT2D eigenvalue weighted by molar-refractivity contribution is 5.66. The van der Waals surface area contributed by atoms with E-state index in [1.54, 1.807) is 6.21 Å². The summed E-state index contributed by atoms with van der Waals surface area (Å²) in [6.45, 7) is 3.75. The zero-order valence-electron chi connectivity index (χ0n) is 6.70. The number of aromatic nitrogens is 1. The molecule has 11 heavy (non-hydrogen) atoms. The van der Waals surface area contributed by atoms with Gasteiger partial charge >= 0.3 is 0 Å². The second kappa shape index (κ2) is 3.14. The first-order valence-corrected chi connectivity index (χ1v) is 3.46. The minimum atomic E-state index is 0.604. The molecule has 0 radical (unpaired) electrons. The van der Waals surface area contributed by atoms with E-state index < -0.39 is 0 Å². The van der Waals surface area contributed by atoms with E-state index in [1.165, 1.54) is 0 Å². The summed E-state index contributed by atoms with van der Waals surface area (Å²) in [6, 6.07) is 3.68. The highest BCUT2D eigenvalue weighted by Gasteiger charge is 1.95. The Kier molecular flexibility index (Phi) is 2.21. The highest BCUT2D eigenvalue weighted by atomic mass is 14.9. The second-order valence-electron chi connectivity index (χ2n) is 2.25. The number of hydrogen-bond donors (Lipinski definition) is 1. The number of aliphatic imine (C=N–C) groups is 1. The Morgan fingerprint density at radius 3 is 2.91 bits per heavy atom. The van der Waals surface area contributed by atoms with Crippen molar-refractivity contribution >= 4 is 17.7 Å². The number of hydrogen-bond acceptors (Lipinski definition) is 3. The number of nitrogens with zero attached hydrogens (tertiary/aromatic N) is 2. The van der Waals surface area contributed by atoms with Crippen molar-refractivity contribution in [1.82, 2.24) is 4.98 Å². The molecule has 0 amide bonds. The van der Waals surface area contributed by atoms with Gasteiger partial charge in [0, 0.05) is 11.9 Å². The molecular formula is C8H11N3. The maximum absolute atomic E-state index is 5.60. The largest absolute Gasteiger partial charge is 0.396 e. The Balaban J connectivity index is 3.12. The van der Waals surface area contributed by atoms with Gasteiger partial charge < -0.3 is 5.73 Å². The number of nitrogens with two attached hydrogens (primary N) is 1. The lowest BCUT2D eigenvalue weighted by Crippen LogP contribution is -1.89. The predicted octanol–water partition coefficient (Wildman–Crippen LogP) is 1.69. The highest BCUT2D eigenvalue weighted by Crippen LogP contribution is 2.17. The predicted molar refractivity (Wildman–Crippen MR) is 47.2 cm³/mol. The van der Waals surface area contributed by atoms with Crippen molar-refractivity contribution < 1.29 is 0 Å². The van der Waals surface area contributed by atoms with Gasteiger partial charge in [0.15, 0.2) is 5.82 Å². The maximum atomic E-state index is 5.60. The van der Waals surface area contributed by atoms with E-state index in [0.717, 1.165) is 5.69 Å². The van der Waals surface area contributed by atoms with Gasteiger partial charge in [0.1, 0.15) is 0 Å². The molecule has 3 nitrogen and oxygen atoms in total. The fraction of sp³-hybridized carbons (Fsp3) is 0.250. The summed E-state index contributed by atoms with van der Waals surface area (Å²) in [5.41, 5.74) is 7.15. The lowest BCUT2D eigenvalue weighted by molar-refractivity contribution is 1.18. The van der Waals surface area contributed by atoms with Crippen LogP contribution in [0.15, 0.2) is 17.1 Å². The lowest BCUT2D eigenvalue weighted by Gasteiger charge is -1.98. The van der Waals surface area contributed by atoms with Gasteiger partial charge in [-0.25, -0.2) is 9.98 Å². The molecule has 0 aromatic carbocycles. The van der Waals surface area contributed by atoms with E-state index in [9.17, 15) is 0 Å². The van der Waals surface area contributed by atoms with Gasteiger partial charge in [-0.15, -0.1) is 0 Å². The number of anilines is 1. The molecule has 3 heteroatoms. The molecule has 0 unspecified atom stereocenters. The molecule has 1 aromatic heterocycles. The van der Waals surface area contributed by atoms with Crippen LogP contribution < -0.4 is 5.73 Å². The van der Waals surface area contributed by atoms with Crippen LogP contribution in [0.5, 0.6) is 0 Å². The smallest absolute Gasteiger partial charge is 0.175 e. The average Bonchev–Trinajstić information content (AvgIpc) is 1.98. The zero-order valence-corrected chi connectivity index (χ0v) is 6.70. The van der Waals surface area contributed by atoms with Crippen LogP contribution in [0.3, 0.4) is 0 Å². The van der Waals surface area contributed by atoms with E-state index in [4.69, 9.17) is 5.73 Å². The first-order chi connectivity index (χ1) is 5.24. The normalized spacial score (nSPS) is 10.7. The summed E-state index contributed by atoms with van der Waals surface area (Å²) in [5.74, 6) is 0.604. The first-order valence-electron chi connectivity index (χ1n) is 3.46. The second-order valence-corrected chi connectivity index (χ2v) is 2.25. The van der Waals surface area contributed by atoms with Gasteiger partial charge in [-0.05, 0) is 26.0 Å². The number of aryl methyl sites for hydroxylation is 1. The Morgan fingerprint density at radius 1 is 1.55 bits per heavy atom. The van der Waals surface area contributed by atoms with Gasteiger partial charge in [0.25, 0.3) is 0 Å². The molecule has 58 valence electrons. The summed E-state index contributed by atoms with van der Waals surface area (Å²) in [7, 11) is 0. The topological polar surface area (TPSA) is 51.3 Å². The third kappa shape index (κ3) is 1.77. The van der Waals surface area contributed by atoms with E-state index in [-0.39, 0.29) is 0 Å². The molecular weight excluding hydrogens is 138 g/mol. The van der Waals surface area contributed by atoms with E-state index >= 15 is 0 Å². The fourth-order valence-electron chi connectivity index (χ4n) is 0.779. The van der Waals surface area contributed by atoms with Crippen LogP contribution in [0.1, 0.15) is 12.6 Å². The van der Waals surface area contributed by atoms with Crippen LogP contribution in [-0.4, -0.2) is 11.2 Å². The van der Waals surface area contributed by atoms with Crippen LogP contribution in [0.25, 0.3) is 0 Å². The number of rotatable bonds is 1. The molecule has 0 aliphatic rings. The third-order valence-electron chi connectivity index (χ3n) is 1.30. The van der Waals surface area contributed by atoms with Crippen LogP contribution in [0.4, 0.5) is 11.5 Å². The van der Waals surface area contributed by atoms with Crippen molar-refractivity contribution in [2.24, 2.45) is 4.99 Å². The summed E-state index contributed by atoms with van der Waals surface area (Å²) >= 11 is 0. The van der Waals surface area contributed by atoms with Crippen LogP contribution in [0, 0.1) is 6.92 Å². The molecule has 0 bridgehead atoms. The maximum Gasteiger partial charge on any atom is 0.175 e. The molecule has 0 saturated carbocycles. The monoisotopic (exact) mass is 149 g/mol. The number of pyridine rings is 1. The molecule has 0 atom stereocenters. The molecule has 0 fully saturated rings. The van der Waals surface area contributed by atoms with E-state index in [1.807, 2.05) is 26.0 Å². The molecule has 0 aliphatic heterocycles. The summed E-state index contributed by atoms with van der Waals surface area (Å²) in [6.07, 6.45) is 1.68. The quantitative estimate of drug-likeness (QED) is 0.618. The molecule has 0 saturated heterocycles. The van der Waals surface area contributed by atoms with Crippen molar-refractivity contribution in [3.63, 3.8) is 0 Å². The van der Waals surface area contributed by atoms with Gasteiger partial charge in [0.05, 0.1) is 5.69 Å². The Morgan fingerprint density at radius 2 is 2.27 bits per heavy atom. The minimum Gasteiger partial charge on any atom is -0.396 e. The van der Waals surface area contributed by atoms with Crippen molar-refractivity contribution in [3.05, 3.63) is 17.8 Å². The van der Waals surface area contributed by atoms with E-state index in [2.05, 4.69) is 9.98 Å². The van der Waals surface area contributed by atoms with E-state index in [0.29, 0.717) is 11.5 Å². The molecule has 1 aromatic rings. The zero-order chi connectivity index (χ0) is 8.27. The Bertz CT molecular complexity index is 279. The molecule has 1 rings (SSSR count). The molecule has 2 N–H and O–H groups in total. The SMILES string of the molecule is C/C=N\c1nc(C)ccc1N. The first kappa shape index (κ1) is 7.72.